The Kier molecular flexibility index (Phi) is 8.31. The summed E-state index contributed by atoms with van der Waals surface area (Å²) in [6.07, 6.45) is -2.70. The largest absolute Gasteiger partial charge is 0.480 e. The summed E-state index contributed by atoms with van der Waals surface area (Å²) in [5.74, 6) is -0.131. The molecule has 0 radical (unpaired) electrons. The first-order valence-electron chi connectivity index (χ1n) is 7.74. The number of amides is 1. The Balaban J connectivity index is 0.00000312. The number of nitrogens with zero attached hydrogens (tertiary/aromatic N) is 1. The highest BCUT2D eigenvalue weighted by Crippen LogP contribution is 2.28. The van der Waals surface area contributed by atoms with E-state index in [2.05, 4.69) is 5.32 Å². The van der Waals surface area contributed by atoms with Crippen LogP contribution in [0.3, 0.4) is 0 Å². The molecule has 0 aromatic heterocycles. The van der Waals surface area contributed by atoms with Gasteiger partial charge in [-0.05, 0) is 38.1 Å². The molecule has 1 fully saturated rings. The molecular formula is C16H22ClF3N2O3. The zero-order valence-electron chi connectivity index (χ0n) is 13.8. The molecule has 9 heteroatoms. The van der Waals surface area contributed by atoms with E-state index in [1.54, 1.807) is 24.1 Å². The van der Waals surface area contributed by atoms with Gasteiger partial charge in [0.1, 0.15) is 0 Å². The molecule has 0 aliphatic carbocycles. The molecule has 1 aromatic rings. The predicted molar refractivity (Wildman–Crippen MR) is 89.4 cm³/mol. The van der Waals surface area contributed by atoms with Crippen molar-refractivity contribution in [1.29, 1.82) is 0 Å². The third-order valence-electron chi connectivity index (χ3n) is 3.84. The second-order valence-corrected chi connectivity index (χ2v) is 5.63. The van der Waals surface area contributed by atoms with Gasteiger partial charge in [-0.1, -0.05) is 12.1 Å². The number of rotatable bonds is 6. The number of benzene rings is 1. The van der Waals surface area contributed by atoms with Gasteiger partial charge < -0.3 is 19.7 Å². The monoisotopic (exact) mass is 382 g/mol. The predicted octanol–water partition coefficient (Wildman–Crippen LogP) is 2.64. The van der Waals surface area contributed by atoms with E-state index in [0.29, 0.717) is 0 Å². The van der Waals surface area contributed by atoms with Crippen LogP contribution < -0.4 is 14.8 Å². The molecule has 1 aliphatic rings. The summed E-state index contributed by atoms with van der Waals surface area (Å²) in [6.45, 7) is 0.0671. The van der Waals surface area contributed by atoms with Crippen LogP contribution >= 0.6 is 12.4 Å². The summed E-state index contributed by atoms with van der Waals surface area (Å²) < 4.78 is 46.9. The van der Waals surface area contributed by atoms with E-state index < -0.39 is 12.8 Å². The van der Waals surface area contributed by atoms with Crippen LogP contribution in [0.4, 0.5) is 13.2 Å². The van der Waals surface area contributed by atoms with Gasteiger partial charge in [-0.15, -0.1) is 12.4 Å². The lowest BCUT2D eigenvalue weighted by molar-refractivity contribution is -0.153. The summed E-state index contributed by atoms with van der Waals surface area (Å²) in [6, 6.07) is 6.16. The summed E-state index contributed by atoms with van der Waals surface area (Å²) in [5.41, 5.74) is 0. The van der Waals surface area contributed by atoms with Crippen LogP contribution in [0.1, 0.15) is 12.8 Å². The lowest BCUT2D eigenvalue weighted by atomic mass is 10.1. The highest BCUT2D eigenvalue weighted by Gasteiger charge is 2.29. The van der Waals surface area contributed by atoms with Crippen molar-refractivity contribution in [1.82, 2.24) is 10.2 Å². The number of para-hydroxylation sites is 2. The van der Waals surface area contributed by atoms with Gasteiger partial charge in [-0.3, -0.25) is 4.79 Å². The van der Waals surface area contributed by atoms with Crippen LogP contribution in [0, 0.1) is 0 Å². The average molecular weight is 383 g/mol. The standard InChI is InChI=1S/C16H21F3N2O3.ClH/c1-21(12-6-8-20-9-7-12)15(22)10-23-13-4-2-3-5-14(13)24-11-16(17,18)19;/h2-5,12,20H,6-11H2,1H3;1H. The van der Waals surface area contributed by atoms with Crippen LogP contribution in [0.5, 0.6) is 11.5 Å². The average Bonchev–Trinajstić information content (AvgIpc) is 2.58. The molecule has 1 aliphatic heterocycles. The molecule has 1 N–H and O–H groups in total. The molecule has 1 amide bonds. The van der Waals surface area contributed by atoms with Crippen molar-refractivity contribution in [2.45, 2.75) is 25.1 Å². The molecule has 0 spiro atoms. The van der Waals surface area contributed by atoms with E-state index in [0.717, 1.165) is 25.9 Å². The van der Waals surface area contributed by atoms with Crippen LogP contribution in [0.15, 0.2) is 24.3 Å². The van der Waals surface area contributed by atoms with Gasteiger partial charge in [0.25, 0.3) is 5.91 Å². The minimum Gasteiger partial charge on any atom is -0.480 e. The number of hydrogen-bond donors (Lipinski definition) is 1. The molecule has 5 nitrogen and oxygen atoms in total. The van der Waals surface area contributed by atoms with Gasteiger partial charge in [0.05, 0.1) is 0 Å². The van der Waals surface area contributed by atoms with Crippen molar-refractivity contribution in [3.63, 3.8) is 0 Å². The quantitative estimate of drug-likeness (QED) is 0.821. The van der Waals surface area contributed by atoms with Crippen molar-refractivity contribution < 1.29 is 27.4 Å². The highest BCUT2D eigenvalue weighted by atomic mass is 35.5. The Bertz CT molecular complexity index is 552. The minimum atomic E-state index is -4.43. The fourth-order valence-electron chi connectivity index (χ4n) is 2.49. The fourth-order valence-corrected chi connectivity index (χ4v) is 2.49. The molecule has 0 saturated carbocycles. The number of nitrogens with one attached hydrogen (secondary N) is 1. The van der Waals surface area contributed by atoms with Gasteiger partial charge in [0.2, 0.25) is 0 Å². The van der Waals surface area contributed by atoms with Crippen molar-refractivity contribution in [3.05, 3.63) is 24.3 Å². The number of ether oxygens (including phenoxy) is 2. The Morgan fingerprint density at radius 1 is 1.20 bits per heavy atom. The van der Waals surface area contributed by atoms with Gasteiger partial charge in [-0.2, -0.15) is 13.2 Å². The molecule has 0 atom stereocenters. The summed E-state index contributed by atoms with van der Waals surface area (Å²) in [4.78, 5) is 13.8. The fraction of sp³-hybridized carbons (Fsp3) is 0.562. The first-order valence-corrected chi connectivity index (χ1v) is 7.74. The highest BCUT2D eigenvalue weighted by molar-refractivity contribution is 5.85. The number of piperidine rings is 1. The van der Waals surface area contributed by atoms with E-state index in [4.69, 9.17) is 9.47 Å². The van der Waals surface area contributed by atoms with Gasteiger partial charge in [0.15, 0.2) is 24.7 Å². The van der Waals surface area contributed by atoms with E-state index in [1.807, 2.05) is 0 Å². The second kappa shape index (κ2) is 9.72. The van der Waals surface area contributed by atoms with Crippen LogP contribution in [-0.2, 0) is 4.79 Å². The second-order valence-electron chi connectivity index (χ2n) is 5.63. The molecule has 1 saturated heterocycles. The van der Waals surface area contributed by atoms with Gasteiger partial charge >= 0.3 is 6.18 Å². The molecular weight excluding hydrogens is 361 g/mol. The number of hydrogen-bond acceptors (Lipinski definition) is 4. The van der Waals surface area contributed by atoms with Crippen LogP contribution in [0.25, 0.3) is 0 Å². The molecule has 0 unspecified atom stereocenters. The van der Waals surface area contributed by atoms with Gasteiger partial charge in [-0.25, -0.2) is 0 Å². The Morgan fingerprint density at radius 2 is 1.76 bits per heavy atom. The van der Waals surface area contributed by atoms with Crippen molar-refractivity contribution in [2.75, 3.05) is 33.4 Å². The van der Waals surface area contributed by atoms with Crippen LogP contribution in [0.2, 0.25) is 0 Å². The number of halogens is 4. The van der Waals surface area contributed by atoms with E-state index in [-0.39, 0.29) is 42.5 Å². The third kappa shape index (κ3) is 6.99. The Hall–Kier alpha value is -1.67. The lowest BCUT2D eigenvalue weighted by Gasteiger charge is -2.31. The van der Waals surface area contributed by atoms with Crippen molar-refractivity contribution >= 4 is 18.3 Å². The number of carbonyl (C=O) groups excluding carboxylic acids is 1. The van der Waals surface area contributed by atoms with Crippen molar-refractivity contribution in [3.8, 4) is 11.5 Å². The van der Waals surface area contributed by atoms with Gasteiger partial charge in [0, 0.05) is 13.1 Å². The molecule has 142 valence electrons. The van der Waals surface area contributed by atoms with E-state index in [1.165, 1.54) is 12.1 Å². The SMILES string of the molecule is CN(C(=O)COc1ccccc1OCC(F)(F)F)C1CCNCC1.Cl. The lowest BCUT2D eigenvalue weighted by Crippen LogP contribution is -2.45. The Labute approximate surface area is 150 Å². The summed E-state index contributed by atoms with van der Waals surface area (Å²) >= 11 is 0. The zero-order chi connectivity index (χ0) is 17.6. The first-order chi connectivity index (χ1) is 11.4. The minimum absolute atomic E-state index is 0. The maximum atomic E-state index is 12.3. The van der Waals surface area contributed by atoms with E-state index >= 15 is 0 Å². The zero-order valence-corrected chi connectivity index (χ0v) is 14.7. The first kappa shape index (κ1) is 21.4. The number of carbonyl (C=O) groups is 1. The molecule has 1 aromatic carbocycles. The molecule has 0 bridgehead atoms. The third-order valence-corrected chi connectivity index (χ3v) is 3.84. The molecule has 25 heavy (non-hydrogen) atoms. The summed E-state index contributed by atoms with van der Waals surface area (Å²) in [7, 11) is 1.72. The molecule has 2 rings (SSSR count). The number of alkyl halides is 3. The smallest absolute Gasteiger partial charge is 0.422 e. The number of likely N-dealkylation sites (N-methyl/N-ethyl adjacent to an activating group) is 1. The maximum absolute atomic E-state index is 12.3. The normalized spacial score (nSPS) is 15.2. The van der Waals surface area contributed by atoms with E-state index in [9.17, 15) is 18.0 Å². The maximum Gasteiger partial charge on any atom is 0.422 e. The molecule has 1 heterocycles. The topological polar surface area (TPSA) is 50.8 Å². The van der Waals surface area contributed by atoms with Crippen LogP contribution in [-0.4, -0.2) is 56.4 Å². The Morgan fingerprint density at radius 3 is 2.32 bits per heavy atom. The summed E-state index contributed by atoms with van der Waals surface area (Å²) in [5, 5.41) is 3.22. The van der Waals surface area contributed by atoms with Crippen molar-refractivity contribution in [2.24, 2.45) is 0 Å².